The molecule has 2 aromatic heterocycles. The number of hydrogen-bond acceptors (Lipinski definition) is 5. The van der Waals surface area contributed by atoms with E-state index in [0.29, 0.717) is 25.9 Å². The predicted octanol–water partition coefficient (Wildman–Crippen LogP) is 4.33. The molecule has 1 atom stereocenters. The van der Waals surface area contributed by atoms with Gasteiger partial charge in [-0.25, -0.2) is 9.78 Å². The molecule has 1 fully saturated rings. The van der Waals surface area contributed by atoms with Crippen LogP contribution >= 0.6 is 11.3 Å². The summed E-state index contributed by atoms with van der Waals surface area (Å²) in [5.74, 6) is 0.0443. The van der Waals surface area contributed by atoms with Crippen LogP contribution in [0.4, 0.5) is 4.79 Å². The lowest BCUT2D eigenvalue weighted by atomic mass is 9.96. The molecule has 0 radical (unpaired) electrons. The number of thiazole rings is 1. The van der Waals surface area contributed by atoms with E-state index in [2.05, 4.69) is 22.4 Å². The number of amides is 1. The molecule has 1 unspecified atom stereocenters. The first-order chi connectivity index (χ1) is 13.1. The number of rotatable bonds is 4. The number of benzene rings is 1. The molecule has 7 heteroatoms. The average molecular weight is 385 g/mol. The molecule has 0 saturated heterocycles. The summed E-state index contributed by atoms with van der Waals surface area (Å²) in [7, 11) is 0. The summed E-state index contributed by atoms with van der Waals surface area (Å²) in [4.78, 5) is 32.9. The van der Waals surface area contributed by atoms with E-state index in [1.807, 2.05) is 25.1 Å². The average Bonchev–Trinajstić information content (AvgIpc) is 3.18. The molecule has 0 N–H and O–H groups in total. The standard InChI is InChI=1S/C20H23N3O3S/c1-3-22(20(25)26-17-11-7-6-10-16(17)24)12-18-13(2)23-15-9-5-4-8-14(15)21-19(23)27-18/h4-5,8-9,17H,3,6-7,10-12H2,1-2H3. The lowest BCUT2D eigenvalue weighted by Gasteiger charge is -2.25. The molecular formula is C20H23N3O3S. The van der Waals surface area contributed by atoms with E-state index in [4.69, 9.17) is 4.74 Å². The SMILES string of the molecule is CCN(Cc1sc2nc3ccccc3n2c1C)C(=O)OC1CCCCC1=O. The summed E-state index contributed by atoms with van der Waals surface area (Å²) >= 11 is 1.59. The summed E-state index contributed by atoms with van der Waals surface area (Å²) in [6, 6.07) is 8.05. The number of aryl methyl sites for hydroxylation is 1. The second-order valence-corrected chi connectivity index (χ2v) is 7.99. The minimum Gasteiger partial charge on any atom is -0.438 e. The fourth-order valence-corrected chi connectivity index (χ4v) is 4.75. The van der Waals surface area contributed by atoms with E-state index in [9.17, 15) is 9.59 Å². The van der Waals surface area contributed by atoms with Crippen LogP contribution in [0.25, 0.3) is 16.0 Å². The van der Waals surface area contributed by atoms with Gasteiger partial charge in [0.1, 0.15) is 0 Å². The third-order valence-electron chi connectivity index (χ3n) is 5.20. The number of carbonyl (C=O) groups is 2. The first kappa shape index (κ1) is 18.0. The molecule has 0 aliphatic heterocycles. The molecule has 2 heterocycles. The van der Waals surface area contributed by atoms with Gasteiger partial charge in [-0.3, -0.25) is 9.20 Å². The van der Waals surface area contributed by atoms with Crippen molar-refractivity contribution in [2.24, 2.45) is 0 Å². The third kappa shape index (κ3) is 3.32. The van der Waals surface area contributed by atoms with Gasteiger partial charge in [-0.1, -0.05) is 23.5 Å². The maximum atomic E-state index is 12.6. The van der Waals surface area contributed by atoms with Crippen LogP contribution in [0.3, 0.4) is 0 Å². The Morgan fingerprint density at radius 3 is 2.96 bits per heavy atom. The molecule has 1 aromatic carbocycles. The van der Waals surface area contributed by atoms with Crippen molar-refractivity contribution in [2.75, 3.05) is 6.54 Å². The van der Waals surface area contributed by atoms with Gasteiger partial charge in [0.25, 0.3) is 0 Å². The molecular weight excluding hydrogens is 362 g/mol. The topological polar surface area (TPSA) is 63.9 Å². The zero-order valence-electron chi connectivity index (χ0n) is 15.6. The van der Waals surface area contributed by atoms with Gasteiger partial charge in [0.2, 0.25) is 0 Å². The van der Waals surface area contributed by atoms with Crippen LogP contribution in [0, 0.1) is 6.92 Å². The number of ether oxygens (including phenoxy) is 1. The molecule has 27 heavy (non-hydrogen) atoms. The van der Waals surface area contributed by atoms with Crippen LogP contribution in [-0.2, 0) is 16.1 Å². The summed E-state index contributed by atoms with van der Waals surface area (Å²) in [5.41, 5.74) is 3.13. The smallest absolute Gasteiger partial charge is 0.410 e. The molecule has 1 aliphatic rings. The maximum absolute atomic E-state index is 12.6. The highest BCUT2D eigenvalue weighted by atomic mass is 32.1. The highest BCUT2D eigenvalue weighted by Gasteiger charge is 2.28. The maximum Gasteiger partial charge on any atom is 0.410 e. The van der Waals surface area contributed by atoms with Crippen LogP contribution in [-0.4, -0.2) is 38.8 Å². The molecule has 142 valence electrons. The van der Waals surface area contributed by atoms with Crippen LogP contribution in [0.5, 0.6) is 0 Å². The first-order valence-electron chi connectivity index (χ1n) is 9.42. The number of fused-ring (bicyclic) bond motifs is 3. The van der Waals surface area contributed by atoms with Gasteiger partial charge in [0.15, 0.2) is 16.8 Å². The van der Waals surface area contributed by atoms with Gasteiger partial charge < -0.3 is 9.64 Å². The fraction of sp³-hybridized carbons (Fsp3) is 0.450. The molecule has 1 aliphatic carbocycles. The van der Waals surface area contributed by atoms with Gasteiger partial charge in [0.05, 0.1) is 17.6 Å². The molecule has 0 bridgehead atoms. The molecule has 1 saturated carbocycles. The number of hydrogen-bond donors (Lipinski definition) is 0. The Balaban J connectivity index is 1.55. The Hall–Kier alpha value is -2.41. The summed E-state index contributed by atoms with van der Waals surface area (Å²) in [5, 5.41) is 0. The van der Waals surface area contributed by atoms with Crippen LogP contribution in [0.2, 0.25) is 0 Å². The normalized spacial score (nSPS) is 17.6. The number of para-hydroxylation sites is 2. The lowest BCUT2D eigenvalue weighted by Crippen LogP contribution is -2.37. The molecule has 3 aromatic rings. The third-order valence-corrected chi connectivity index (χ3v) is 6.33. The molecule has 1 amide bonds. The van der Waals surface area contributed by atoms with Crippen molar-refractivity contribution in [3.8, 4) is 0 Å². The van der Waals surface area contributed by atoms with E-state index in [1.165, 1.54) is 0 Å². The highest BCUT2D eigenvalue weighted by molar-refractivity contribution is 7.17. The molecule has 6 nitrogen and oxygen atoms in total. The Morgan fingerprint density at radius 1 is 1.37 bits per heavy atom. The van der Waals surface area contributed by atoms with Crippen molar-refractivity contribution in [3.63, 3.8) is 0 Å². The summed E-state index contributed by atoms with van der Waals surface area (Å²) < 4.78 is 7.65. The number of nitrogens with zero attached hydrogens (tertiary/aromatic N) is 3. The van der Waals surface area contributed by atoms with E-state index < -0.39 is 12.2 Å². The van der Waals surface area contributed by atoms with Crippen molar-refractivity contribution in [3.05, 3.63) is 34.8 Å². The molecule has 4 rings (SSSR count). The largest absolute Gasteiger partial charge is 0.438 e. The van der Waals surface area contributed by atoms with Crippen molar-refractivity contribution >= 4 is 39.2 Å². The fourth-order valence-electron chi connectivity index (χ4n) is 3.60. The summed E-state index contributed by atoms with van der Waals surface area (Å²) in [6.07, 6.45) is 1.99. The van der Waals surface area contributed by atoms with E-state index in [-0.39, 0.29) is 5.78 Å². The number of aromatic nitrogens is 2. The van der Waals surface area contributed by atoms with Gasteiger partial charge in [-0.2, -0.15) is 0 Å². The Labute approximate surface area is 161 Å². The highest BCUT2D eigenvalue weighted by Crippen LogP contribution is 2.29. The van der Waals surface area contributed by atoms with E-state index in [0.717, 1.165) is 39.4 Å². The monoisotopic (exact) mass is 385 g/mol. The summed E-state index contributed by atoms with van der Waals surface area (Å²) in [6.45, 7) is 4.97. The van der Waals surface area contributed by atoms with Crippen molar-refractivity contribution in [1.82, 2.24) is 14.3 Å². The van der Waals surface area contributed by atoms with Crippen molar-refractivity contribution in [2.45, 2.75) is 52.2 Å². The van der Waals surface area contributed by atoms with Crippen LogP contribution in [0.15, 0.2) is 24.3 Å². The Bertz CT molecular complexity index is 1010. The second kappa shape index (κ2) is 7.31. The first-order valence-corrected chi connectivity index (χ1v) is 10.2. The van der Waals surface area contributed by atoms with Crippen LogP contribution < -0.4 is 0 Å². The predicted molar refractivity (Wildman–Crippen MR) is 105 cm³/mol. The Morgan fingerprint density at radius 2 is 2.19 bits per heavy atom. The number of imidazole rings is 1. The number of ketones is 1. The van der Waals surface area contributed by atoms with Gasteiger partial charge >= 0.3 is 6.09 Å². The number of Topliss-reactive ketones (excluding diaryl/α,β-unsaturated/α-hetero) is 1. The number of carbonyl (C=O) groups excluding carboxylic acids is 2. The minimum absolute atomic E-state index is 0.0443. The Kier molecular flexibility index (Phi) is 4.86. The zero-order chi connectivity index (χ0) is 19.0. The second-order valence-electron chi connectivity index (χ2n) is 6.93. The van der Waals surface area contributed by atoms with Crippen molar-refractivity contribution in [1.29, 1.82) is 0 Å². The van der Waals surface area contributed by atoms with Crippen LogP contribution in [0.1, 0.15) is 43.2 Å². The lowest BCUT2D eigenvalue weighted by molar-refractivity contribution is -0.130. The van der Waals surface area contributed by atoms with E-state index in [1.54, 1.807) is 16.2 Å². The van der Waals surface area contributed by atoms with Gasteiger partial charge in [0, 0.05) is 23.5 Å². The molecule has 0 spiro atoms. The zero-order valence-corrected chi connectivity index (χ0v) is 16.4. The van der Waals surface area contributed by atoms with Gasteiger partial charge in [-0.15, -0.1) is 0 Å². The van der Waals surface area contributed by atoms with Gasteiger partial charge in [-0.05, 0) is 45.2 Å². The van der Waals surface area contributed by atoms with E-state index >= 15 is 0 Å². The quantitative estimate of drug-likeness (QED) is 0.671. The minimum atomic E-state index is -0.578. The van der Waals surface area contributed by atoms with Crippen molar-refractivity contribution < 1.29 is 14.3 Å².